The van der Waals surface area contributed by atoms with Crippen LogP contribution in [0.4, 0.5) is 5.69 Å². The molecule has 1 aliphatic rings. The molecular weight excluding hydrogens is 262 g/mol. The van der Waals surface area contributed by atoms with E-state index in [2.05, 4.69) is 4.90 Å². The fourth-order valence-corrected chi connectivity index (χ4v) is 3.47. The second-order valence-corrected chi connectivity index (χ2v) is 7.22. The molecule has 0 bridgehead atoms. The predicted octanol–water partition coefficient (Wildman–Crippen LogP) is 0.864. The minimum absolute atomic E-state index is 0.115. The molecule has 1 saturated heterocycles. The summed E-state index contributed by atoms with van der Waals surface area (Å²) in [5.41, 5.74) is 6.74. The van der Waals surface area contributed by atoms with Crippen LogP contribution < -0.4 is 10.6 Å². The number of anilines is 1. The maximum Gasteiger partial charge on any atom is 0.244 e. The van der Waals surface area contributed by atoms with Gasteiger partial charge in [0.1, 0.15) is 4.90 Å². The Balaban J connectivity index is 2.42. The number of sulfonamides is 1. The molecule has 2 N–H and O–H groups in total. The lowest BCUT2D eigenvalue weighted by molar-refractivity contribution is 0.499. The summed E-state index contributed by atoms with van der Waals surface area (Å²) in [5, 5.41) is 0. The number of para-hydroxylation sites is 1. The van der Waals surface area contributed by atoms with Crippen LogP contribution in [0.3, 0.4) is 0 Å². The first kappa shape index (κ1) is 14.3. The average molecular weight is 283 g/mol. The number of hydrogen-bond donors (Lipinski definition) is 1. The molecule has 0 saturated carbocycles. The van der Waals surface area contributed by atoms with Crippen molar-refractivity contribution in [3.63, 3.8) is 0 Å². The van der Waals surface area contributed by atoms with Gasteiger partial charge in [-0.05, 0) is 25.0 Å². The molecule has 0 unspecified atom stereocenters. The van der Waals surface area contributed by atoms with Crippen LogP contribution in [0, 0.1) is 0 Å². The van der Waals surface area contributed by atoms with Crippen LogP contribution in [-0.2, 0) is 10.0 Å². The summed E-state index contributed by atoms with van der Waals surface area (Å²) in [6.45, 7) is 1.56. The molecular formula is C13H21N3O2S. The second kappa shape index (κ2) is 5.48. The molecule has 106 valence electrons. The maximum absolute atomic E-state index is 12.3. The van der Waals surface area contributed by atoms with E-state index in [0.29, 0.717) is 11.4 Å². The van der Waals surface area contributed by atoms with Crippen molar-refractivity contribution >= 4 is 15.7 Å². The van der Waals surface area contributed by atoms with E-state index in [1.54, 1.807) is 26.2 Å². The Kier molecular flexibility index (Phi) is 4.13. The van der Waals surface area contributed by atoms with Crippen molar-refractivity contribution < 1.29 is 8.42 Å². The van der Waals surface area contributed by atoms with E-state index in [1.807, 2.05) is 12.1 Å². The molecule has 1 atom stereocenters. The fourth-order valence-electron chi connectivity index (χ4n) is 2.36. The van der Waals surface area contributed by atoms with E-state index >= 15 is 0 Å². The molecule has 0 aromatic heterocycles. The highest BCUT2D eigenvalue weighted by atomic mass is 32.2. The number of nitrogens with zero attached hydrogens (tertiary/aromatic N) is 2. The molecule has 1 fully saturated rings. The fraction of sp³-hybridized carbons (Fsp3) is 0.538. The van der Waals surface area contributed by atoms with Crippen molar-refractivity contribution in [3.05, 3.63) is 24.3 Å². The SMILES string of the molecule is CN(C)S(=O)(=O)c1ccccc1N1CCC[C@@H](N)C1. The van der Waals surface area contributed by atoms with E-state index in [0.717, 1.165) is 25.1 Å². The molecule has 0 spiro atoms. The van der Waals surface area contributed by atoms with E-state index in [4.69, 9.17) is 5.73 Å². The van der Waals surface area contributed by atoms with Gasteiger partial charge in [-0.15, -0.1) is 0 Å². The zero-order valence-electron chi connectivity index (χ0n) is 11.4. The highest BCUT2D eigenvalue weighted by Gasteiger charge is 2.25. The Hall–Kier alpha value is -1.11. The number of nitrogens with two attached hydrogens (primary N) is 1. The number of piperidine rings is 1. The van der Waals surface area contributed by atoms with Gasteiger partial charge in [-0.25, -0.2) is 12.7 Å². The Morgan fingerprint density at radius 1 is 1.32 bits per heavy atom. The Bertz CT molecular complexity index is 543. The van der Waals surface area contributed by atoms with Crippen molar-refractivity contribution in [1.29, 1.82) is 0 Å². The van der Waals surface area contributed by atoms with E-state index in [-0.39, 0.29) is 6.04 Å². The zero-order chi connectivity index (χ0) is 14.0. The molecule has 1 aromatic carbocycles. The first-order valence-electron chi connectivity index (χ1n) is 6.45. The number of hydrogen-bond acceptors (Lipinski definition) is 4. The van der Waals surface area contributed by atoms with Crippen LogP contribution in [0.25, 0.3) is 0 Å². The standard InChI is InChI=1S/C13H21N3O2S/c1-15(2)19(17,18)13-8-4-3-7-12(13)16-9-5-6-11(14)10-16/h3-4,7-8,11H,5-6,9-10,14H2,1-2H3/t11-/m1/s1. The van der Waals surface area contributed by atoms with Gasteiger partial charge in [0.25, 0.3) is 0 Å². The average Bonchev–Trinajstić information content (AvgIpc) is 2.38. The summed E-state index contributed by atoms with van der Waals surface area (Å²) in [7, 11) is -0.324. The van der Waals surface area contributed by atoms with Crippen LogP contribution >= 0.6 is 0 Å². The van der Waals surface area contributed by atoms with E-state index < -0.39 is 10.0 Å². The van der Waals surface area contributed by atoms with Gasteiger partial charge in [-0.1, -0.05) is 12.1 Å². The van der Waals surface area contributed by atoms with Crippen molar-refractivity contribution in [2.75, 3.05) is 32.1 Å². The van der Waals surface area contributed by atoms with E-state index in [9.17, 15) is 8.42 Å². The van der Waals surface area contributed by atoms with Gasteiger partial charge in [0.15, 0.2) is 0 Å². The Morgan fingerprint density at radius 2 is 2.00 bits per heavy atom. The van der Waals surface area contributed by atoms with Gasteiger partial charge in [0, 0.05) is 33.2 Å². The van der Waals surface area contributed by atoms with Crippen LogP contribution in [0.1, 0.15) is 12.8 Å². The molecule has 6 heteroatoms. The summed E-state index contributed by atoms with van der Waals surface area (Å²) < 4.78 is 25.9. The Morgan fingerprint density at radius 3 is 2.63 bits per heavy atom. The summed E-state index contributed by atoms with van der Waals surface area (Å²) >= 11 is 0. The normalized spacial score (nSPS) is 20.8. The van der Waals surface area contributed by atoms with Crippen LogP contribution in [0.15, 0.2) is 29.2 Å². The largest absolute Gasteiger partial charge is 0.369 e. The molecule has 0 radical (unpaired) electrons. The topological polar surface area (TPSA) is 66.6 Å². The van der Waals surface area contributed by atoms with Crippen LogP contribution in [0.5, 0.6) is 0 Å². The third-order valence-corrected chi connectivity index (χ3v) is 5.28. The van der Waals surface area contributed by atoms with Crippen LogP contribution in [0.2, 0.25) is 0 Å². The number of rotatable bonds is 3. The summed E-state index contributed by atoms with van der Waals surface area (Å²) in [4.78, 5) is 2.43. The number of benzene rings is 1. The van der Waals surface area contributed by atoms with Crippen molar-refractivity contribution in [2.24, 2.45) is 5.73 Å². The molecule has 19 heavy (non-hydrogen) atoms. The minimum Gasteiger partial charge on any atom is -0.369 e. The molecule has 1 aromatic rings. The summed E-state index contributed by atoms with van der Waals surface area (Å²) in [6, 6.07) is 7.25. The lowest BCUT2D eigenvalue weighted by atomic mass is 10.1. The molecule has 2 rings (SSSR count). The van der Waals surface area contributed by atoms with Gasteiger partial charge in [0.05, 0.1) is 5.69 Å². The molecule has 1 heterocycles. The summed E-state index contributed by atoms with van der Waals surface area (Å²) in [6.07, 6.45) is 2.00. The molecule has 0 amide bonds. The smallest absolute Gasteiger partial charge is 0.244 e. The van der Waals surface area contributed by atoms with Gasteiger partial charge >= 0.3 is 0 Å². The van der Waals surface area contributed by atoms with Crippen LogP contribution in [-0.4, -0.2) is 45.9 Å². The van der Waals surface area contributed by atoms with Gasteiger partial charge in [-0.3, -0.25) is 0 Å². The third-order valence-electron chi connectivity index (χ3n) is 3.42. The molecule has 5 nitrogen and oxygen atoms in total. The highest BCUT2D eigenvalue weighted by Crippen LogP contribution is 2.28. The Labute approximate surface area is 115 Å². The van der Waals surface area contributed by atoms with E-state index in [1.165, 1.54) is 4.31 Å². The maximum atomic E-state index is 12.3. The highest BCUT2D eigenvalue weighted by molar-refractivity contribution is 7.89. The monoisotopic (exact) mass is 283 g/mol. The van der Waals surface area contributed by atoms with Crippen molar-refractivity contribution in [1.82, 2.24) is 4.31 Å². The zero-order valence-corrected chi connectivity index (χ0v) is 12.2. The van der Waals surface area contributed by atoms with Crippen molar-refractivity contribution in [2.45, 2.75) is 23.8 Å². The van der Waals surface area contributed by atoms with Crippen molar-refractivity contribution in [3.8, 4) is 0 Å². The summed E-state index contributed by atoms with van der Waals surface area (Å²) in [5.74, 6) is 0. The minimum atomic E-state index is -3.42. The third kappa shape index (κ3) is 2.91. The van der Waals surface area contributed by atoms with Gasteiger partial charge in [-0.2, -0.15) is 0 Å². The van der Waals surface area contributed by atoms with Gasteiger partial charge in [0.2, 0.25) is 10.0 Å². The van der Waals surface area contributed by atoms with Gasteiger partial charge < -0.3 is 10.6 Å². The molecule has 1 aliphatic heterocycles. The first-order valence-corrected chi connectivity index (χ1v) is 7.89. The predicted molar refractivity (Wildman–Crippen MR) is 76.7 cm³/mol. The quantitative estimate of drug-likeness (QED) is 0.893. The lowest BCUT2D eigenvalue weighted by Crippen LogP contribution is -2.43. The molecule has 0 aliphatic carbocycles. The lowest BCUT2D eigenvalue weighted by Gasteiger charge is -2.34. The second-order valence-electron chi connectivity index (χ2n) is 5.10. The first-order chi connectivity index (χ1) is 8.93.